The molecular formula is C15H27BrN4. The highest BCUT2D eigenvalue weighted by Gasteiger charge is 2.27. The molecule has 2 unspecified atom stereocenters. The van der Waals surface area contributed by atoms with Gasteiger partial charge in [0.05, 0.1) is 22.9 Å². The van der Waals surface area contributed by atoms with Crippen LogP contribution in [0, 0.1) is 0 Å². The minimum absolute atomic E-state index is 0.631. The first-order chi connectivity index (χ1) is 9.61. The molecule has 1 aliphatic carbocycles. The Kier molecular flexibility index (Phi) is 6.05. The third-order valence-electron chi connectivity index (χ3n) is 4.15. The molecule has 1 heterocycles. The van der Waals surface area contributed by atoms with E-state index >= 15 is 0 Å². The van der Waals surface area contributed by atoms with Gasteiger partial charge in [0.25, 0.3) is 0 Å². The summed E-state index contributed by atoms with van der Waals surface area (Å²) in [5.74, 6) is 0.631. The van der Waals surface area contributed by atoms with Crippen LogP contribution in [-0.2, 0) is 6.54 Å². The molecule has 2 rings (SSSR count). The highest BCUT2D eigenvalue weighted by molar-refractivity contribution is 9.10. The Balaban J connectivity index is 2.08. The molecule has 0 spiro atoms. The van der Waals surface area contributed by atoms with Crippen molar-refractivity contribution in [1.82, 2.24) is 20.0 Å². The summed E-state index contributed by atoms with van der Waals surface area (Å²) in [4.78, 5) is 2.21. The van der Waals surface area contributed by atoms with Crippen molar-refractivity contribution in [3.8, 4) is 0 Å². The van der Waals surface area contributed by atoms with Crippen molar-refractivity contribution in [1.29, 1.82) is 0 Å². The molecular weight excluding hydrogens is 316 g/mol. The van der Waals surface area contributed by atoms with Crippen molar-refractivity contribution >= 4 is 15.9 Å². The Morgan fingerprint density at radius 3 is 2.95 bits per heavy atom. The standard InChI is InChI=1S/C15H27BrN4/c1-4-17-13-7-5-6-12(10-13)15-14(16)11-18-20(15)9-8-19(2)3/h11-13,17H,4-10H2,1-3H3. The number of nitrogens with zero attached hydrogens (tertiary/aromatic N) is 3. The van der Waals surface area contributed by atoms with Crippen LogP contribution in [0.25, 0.3) is 0 Å². The third-order valence-corrected chi connectivity index (χ3v) is 4.76. The van der Waals surface area contributed by atoms with E-state index in [9.17, 15) is 0 Å². The average Bonchev–Trinajstić information content (AvgIpc) is 2.78. The van der Waals surface area contributed by atoms with E-state index in [-0.39, 0.29) is 0 Å². The summed E-state index contributed by atoms with van der Waals surface area (Å²) in [6, 6.07) is 0.669. The van der Waals surface area contributed by atoms with Crippen molar-refractivity contribution < 1.29 is 0 Å². The maximum absolute atomic E-state index is 4.56. The van der Waals surface area contributed by atoms with E-state index in [0.29, 0.717) is 12.0 Å². The van der Waals surface area contributed by atoms with E-state index in [2.05, 4.69) is 56.9 Å². The minimum atomic E-state index is 0.631. The smallest absolute Gasteiger partial charge is 0.0635 e. The summed E-state index contributed by atoms with van der Waals surface area (Å²) in [6.07, 6.45) is 7.11. The lowest BCUT2D eigenvalue weighted by Gasteiger charge is -2.30. The lowest BCUT2D eigenvalue weighted by Crippen LogP contribution is -2.34. The third kappa shape index (κ3) is 4.06. The van der Waals surface area contributed by atoms with Gasteiger partial charge in [0, 0.05) is 18.5 Å². The Hall–Kier alpha value is -0.390. The predicted molar refractivity (Wildman–Crippen MR) is 87.2 cm³/mol. The zero-order valence-electron chi connectivity index (χ0n) is 12.9. The van der Waals surface area contributed by atoms with E-state index in [0.717, 1.165) is 19.6 Å². The number of rotatable bonds is 6. The van der Waals surface area contributed by atoms with E-state index in [1.165, 1.54) is 35.8 Å². The SMILES string of the molecule is CCNC1CCCC(c2c(Br)cnn2CCN(C)C)C1. The van der Waals surface area contributed by atoms with E-state index in [1.54, 1.807) is 0 Å². The molecule has 0 bridgehead atoms. The first-order valence-corrected chi connectivity index (χ1v) is 8.50. The van der Waals surface area contributed by atoms with Gasteiger partial charge >= 0.3 is 0 Å². The molecule has 4 nitrogen and oxygen atoms in total. The van der Waals surface area contributed by atoms with Gasteiger partial charge < -0.3 is 10.2 Å². The van der Waals surface area contributed by atoms with E-state index in [4.69, 9.17) is 0 Å². The fourth-order valence-corrected chi connectivity index (χ4v) is 3.78. The summed E-state index contributed by atoms with van der Waals surface area (Å²) in [5, 5.41) is 8.17. The van der Waals surface area contributed by atoms with Gasteiger partial charge in [-0.15, -0.1) is 0 Å². The highest BCUT2D eigenvalue weighted by Crippen LogP contribution is 2.36. The molecule has 0 saturated heterocycles. The van der Waals surface area contributed by atoms with Gasteiger partial charge in [-0.1, -0.05) is 13.3 Å². The van der Waals surface area contributed by atoms with Gasteiger partial charge in [-0.05, 0) is 55.8 Å². The minimum Gasteiger partial charge on any atom is -0.314 e. The normalized spacial score (nSPS) is 23.4. The average molecular weight is 343 g/mol. The highest BCUT2D eigenvalue weighted by atomic mass is 79.9. The van der Waals surface area contributed by atoms with Crippen LogP contribution in [0.5, 0.6) is 0 Å². The predicted octanol–water partition coefficient (Wildman–Crippen LogP) is 2.84. The second kappa shape index (κ2) is 7.57. The van der Waals surface area contributed by atoms with Gasteiger partial charge in [0.15, 0.2) is 0 Å². The molecule has 114 valence electrons. The first-order valence-electron chi connectivity index (χ1n) is 7.71. The van der Waals surface area contributed by atoms with Crippen LogP contribution in [0.3, 0.4) is 0 Å². The molecule has 1 aromatic heterocycles. The molecule has 0 amide bonds. The maximum Gasteiger partial charge on any atom is 0.0635 e. The number of nitrogens with one attached hydrogen (secondary N) is 1. The quantitative estimate of drug-likeness (QED) is 0.862. The molecule has 0 aliphatic heterocycles. The lowest BCUT2D eigenvalue weighted by molar-refractivity contribution is 0.321. The largest absolute Gasteiger partial charge is 0.314 e. The van der Waals surface area contributed by atoms with Crippen LogP contribution in [0.1, 0.15) is 44.2 Å². The van der Waals surface area contributed by atoms with Crippen LogP contribution in [0.2, 0.25) is 0 Å². The molecule has 20 heavy (non-hydrogen) atoms. The zero-order chi connectivity index (χ0) is 14.5. The Bertz CT molecular complexity index is 414. The second-order valence-electron chi connectivity index (χ2n) is 6.02. The van der Waals surface area contributed by atoms with Crippen LogP contribution in [0.4, 0.5) is 0 Å². The molecule has 1 N–H and O–H groups in total. The number of hydrogen-bond donors (Lipinski definition) is 1. The van der Waals surface area contributed by atoms with Crippen LogP contribution >= 0.6 is 15.9 Å². The van der Waals surface area contributed by atoms with Gasteiger partial charge in [0.1, 0.15) is 0 Å². The number of likely N-dealkylation sites (N-methyl/N-ethyl adjacent to an activating group) is 1. The molecule has 5 heteroatoms. The van der Waals surface area contributed by atoms with Crippen molar-refractivity contribution in [2.75, 3.05) is 27.2 Å². The number of halogens is 1. The Morgan fingerprint density at radius 2 is 2.25 bits per heavy atom. The van der Waals surface area contributed by atoms with Crippen LogP contribution < -0.4 is 5.32 Å². The molecule has 2 atom stereocenters. The van der Waals surface area contributed by atoms with E-state index < -0.39 is 0 Å². The zero-order valence-corrected chi connectivity index (χ0v) is 14.5. The topological polar surface area (TPSA) is 33.1 Å². The monoisotopic (exact) mass is 342 g/mol. The van der Waals surface area contributed by atoms with Crippen molar-refractivity contribution in [2.24, 2.45) is 0 Å². The Labute approximate surface area is 131 Å². The van der Waals surface area contributed by atoms with Gasteiger partial charge in [0.2, 0.25) is 0 Å². The summed E-state index contributed by atoms with van der Waals surface area (Å²) < 4.78 is 3.38. The van der Waals surface area contributed by atoms with Crippen molar-refractivity contribution in [3.05, 3.63) is 16.4 Å². The summed E-state index contributed by atoms with van der Waals surface area (Å²) in [5.41, 5.74) is 1.40. The fraction of sp³-hybridized carbons (Fsp3) is 0.800. The Morgan fingerprint density at radius 1 is 1.45 bits per heavy atom. The second-order valence-corrected chi connectivity index (χ2v) is 6.88. The summed E-state index contributed by atoms with van der Waals surface area (Å²) in [6.45, 7) is 5.26. The summed E-state index contributed by atoms with van der Waals surface area (Å²) in [7, 11) is 4.22. The van der Waals surface area contributed by atoms with Crippen molar-refractivity contribution in [2.45, 2.75) is 51.1 Å². The summed E-state index contributed by atoms with van der Waals surface area (Å²) >= 11 is 3.70. The maximum atomic E-state index is 4.56. The van der Waals surface area contributed by atoms with Crippen LogP contribution in [0.15, 0.2) is 10.7 Å². The van der Waals surface area contributed by atoms with Gasteiger partial charge in [-0.25, -0.2) is 0 Å². The number of aromatic nitrogens is 2. The first kappa shape index (κ1) is 16.0. The van der Waals surface area contributed by atoms with Crippen LogP contribution in [-0.4, -0.2) is 47.9 Å². The molecule has 0 radical (unpaired) electrons. The number of hydrogen-bond acceptors (Lipinski definition) is 3. The van der Waals surface area contributed by atoms with Gasteiger partial charge in [-0.2, -0.15) is 5.10 Å². The molecule has 1 saturated carbocycles. The molecule has 0 aromatic carbocycles. The molecule has 1 aromatic rings. The fourth-order valence-electron chi connectivity index (χ4n) is 3.16. The van der Waals surface area contributed by atoms with E-state index in [1.807, 2.05) is 6.20 Å². The molecule has 1 aliphatic rings. The van der Waals surface area contributed by atoms with Gasteiger partial charge in [-0.3, -0.25) is 4.68 Å². The van der Waals surface area contributed by atoms with Crippen molar-refractivity contribution in [3.63, 3.8) is 0 Å². The molecule has 1 fully saturated rings. The lowest BCUT2D eigenvalue weighted by atomic mass is 9.83.